The van der Waals surface area contributed by atoms with Gasteiger partial charge in [0.15, 0.2) is 0 Å². The van der Waals surface area contributed by atoms with Gasteiger partial charge in [-0.2, -0.15) is 0 Å². The van der Waals surface area contributed by atoms with Crippen LogP contribution in [-0.2, 0) is 16.6 Å². The van der Waals surface area contributed by atoms with E-state index in [9.17, 15) is 4.79 Å². The van der Waals surface area contributed by atoms with Gasteiger partial charge in [0, 0.05) is 17.0 Å². The van der Waals surface area contributed by atoms with Gasteiger partial charge in [0.2, 0.25) is 0 Å². The van der Waals surface area contributed by atoms with Crippen LogP contribution >= 0.6 is 11.3 Å². The Kier molecular flexibility index (Phi) is 4.26. The second-order valence-corrected chi connectivity index (χ2v) is 7.98. The molecule has 0 bridgehead atoms. The third-order valence-corrected chi connectivity index (χ3v) is 6.40. The minimum absolute atomic E-state index is 0.252. The van der Waals surface area contributed by atoms with Crippen molar-refractivity contribution in [3.8, 4) is 0 Å². The summed E-state index contributed by atoms with van der Waals surface area (Å²) in [5.74, 6) is 0.624. The Balaban J connectivity index is 1.49. The second-order valence-electron chi connectivity index (χ2n) is 6.84. The van der Waals surface area contributed by atoms with E-state index >= 15 is 0 Å². The van der Waals surface area contributed by atoms with Crippen LogP contribution in [0.1, 0.15) is 46.7 Å². The van der Waals surface area contributed by atoms with Crippen molar-refractivity contribution >= 4 is 17.1 Å². The van der Waals surface area contributed by atoms with E-state index in [0.29, 0.717) is 18.1 Å². The molecule has 1 atom stereocenters. The van der Waals surface area contributed by atoms with Gasteiger partial charge in [0.1, 0.15) is 10.8 Å². The van der Waals surface area contributed by atoms with Gasteiger partial charge in [-0.3, -0.25) is 4.79 Å². The Labute approximate surface area is 152 Å². The van der Waals surface area contributed by atoms with Crippen LogP contribution in [-0.4, -0.2) is 10.8 Å². The van der Waals surface area contributed by atoms with Gasteiger partial charge in [0.25, 0.3) is 0 Å². The fourth-order valence-electron chi connectivity index (χ4n) is 3.43. The molecule has 25 heavy (non-hydrogen) atoms. The highest BCUT2D eigenvalue weighted by Gasteiger charge is 2.50. The quantitative estimate of drug-likeness (QED) is 0.618. The predicted octanol–water partition coefficient (Wildman–Crippen LogP) is 5.14. The molecular formula is C22H21NOS. The predicted molar refractivity (Wildman–Crippen MR) is 102 cm³/mol. The molecule has 126 valence electrons. The van der Waals surface area contributed by atoms with Crippen molar-refractivity contribution in [1.82, 2.24) is 4.98 Å². The third-order valence-electron chi connectivity index (χ3n) is 5.22. The molecule has 1 heterocycles. The fraction of sp³-hybridized carbons (Fsp3) is 0.273. The zero-order valence-electron chi connectivity index (χ0n) is 14.3. The van der Waals surface area contributed by atoms with Crippen molar-refractivity contribution in [2.45, 2.75) is 37.5 Å². The number of rotatable bonds is 6. The van der Waals surface area contributed by atoms with E-state index < -0.39 is 0 Å². The lowest BCUT2D eigenvalue weighted by Crippen LogP contribution is -2.22. The molecule has 1 unspecified atom stereocenters. The molecule has 2 aromatic carbocycles. The topological polar surface area (TPSA) is 30.0 Å². The number of benzene rings is 2. The number of carbonyl (C=O) groups is 1. The van der Waals surface area contributed by atoms with Crippen LogP contribution in [0.25, 0.3) is 0 Å². The molecule has 4 rings (SSSR count). The van der Waals surface area contributed by atoms with E-state index in [0.717, 1.165) is 23.4 Å². The van der Waals surface area contributed by atoms with Gasteiger partial charge in [-0.05, 0) is 24.0 Å². The van der Waals surface area contributed by atoms with Gasteiger partial charge in [0.05, 0.1) is 11.8 Å². The molecule has 3 heteroatoms. The lowest BCUT2D eigenvalue weighted by molar-refractivity contribution is -0.120. The Morgan fingerprint density at radius 2 is 1.72 bits per heavy atom. The number of Topliss-reactive ketones (excluding diaryl/α,β-unsaturated/α-hetero) is 1. The Morgan fingerprint density at radius 1 is 1.08 bits per heavy atom. The van der Waals surface area contributed by atoms with Crippen molar-refractivity contribution in [2.75, 3.05) is 0 Å². The molecule has 0 radical (unpaired) electrons. The van der Waals surface area contributed by atoms with E-state index in [1.165, 1.54) is 10.4 Å². The molecular weight excluding hydrogens is 326 g/mol. The van der Waals surface area contributed by atoms with E-state index in [-0.39, 0.29) is 5.41 Å². The Hall–Kier alpha value is -2.26. The number of hydrogen-bond donors (Lipinski definition) is 0. The molecule has 0 N–H and O–H groups in total. The summed E-state index contributed by atoms with van der Waals surface area (Å²) < 4.78 is 0. The van der Waals surface area contributed by atoms with E-state index in [1.54, 1.807) is 11.3 Å². The van der Waals surface area contributed by atoms with Gasteiger partial charge in [-0.25, -0.2) is 4.98 Å². The Bertz CT molecular complexity index is 865. The molecule has 3 aromatic rings. The van der Waals surface area contributed by atoms with Crippen molar-refractivity contribution in [3.63, 3.8) is 0 Å². The molecule has 0 aliphatic heterocycles. The molecule has 1 saturated carbocycles. The number of thiazole rings is 1. The van der Waals surface area contributed by atoms with Crippen LogP contribution in [0.5, 0.6) is 0 Å². The molecule has 1 aromatic heterocycles. The minimum atomic E-state index is -0.252. The highest BCUT2D eigenvalue weighted by atomic mass is 32.1. The summed E-state index contributed by atoms with van der Waals surface area (Å²) in [5, 5.41) is 0.935. The average Bonchev–Trinajstić information content (AvgIpc) is 3.36. The summed E-state index contributed by atoms with van der Waals surface area (Å²) in [7, 11) is 0. The van der Waals surface area contributed by atoms with Crippen LogP contribution in [0.3, 0.4) is 0 Å². The maximum absolute atomic E-state index is 12.9. The van der Waals surface area contributed by atoms with Crippen molar-refractivity contribution in [2.24, 2.45) is 0 Å². The molecule has 0 saturated heterocycles. The molecule has 0 spiro atoms. The number of hydrogen-bond acceptors (Lipinski definition) is 3. The van der Waals surface area contributed by atoms with Crippen LogP contribution in [0.15, 0.2) is 66.9 Å². The van der Waals surface area contributed by atoms with E-state index in [2.05, 4.69) is 48.3 Å². The first kappa shape index (κ1) is 16.2. The lowest BCUT2D eigenvalue weighted by atomic mass is 9.90. The number of ketones is 1. The number of nitrogens with zero attached hydrogens (tertiary/aromatic N) is 1. The van der Waals surface area contributed by atoms with Gasteiger partial charge < -0.3 is 0 Å². The molecule has 2 nitrogen and oxygen atoms in total. The molecule has 1 aliphatic rings. The highest BCUT2D eigenvalue weighted by Crippen LogP contribution is 2.49. The summed E-state index contributed by atoms with van der Waals surface area (Å²) in [6.45, 7) is 2.20. The lowest BCUT2D eigenvalue weighted by Gasteiger charge is -2.13. The first-order valence-corrected chi connectivity index (χ1v) is 9.59. The standard InChI is InChI=1S/C22H21NOS/c1-16(17-8-4-2-5-9-17)19-15-23-21(25-19)14-20(24)22(12-13-22)18-10-6-3-7-11-18/h2-11,15-16H,12-14H2,1H3. The first-order chi connectivity index (χ1) is 12.2. The second kappa shape index (κ2) is 6.57. The maximum atomic E-state index is 12.9. The summed E-state index contributed by atoms with van der Waals surface area (Å²) in [6.07, 6.45) is 4.32. The van der Waals surface area contributed by atoms with Crippen molar-refractivity contribution in [3.05, 3.63) is 87.9 Å². The zero-order chi connectivity index (χ0) is 17.3. The monoisotopic (exact) mass is 347 g/mol. The summed E-state index contributed by atoms with van der Waals surface area (Å²) in [5.41, 5.74) is 2.19. The van der Waals surface area contributed by atoms with Crippen LogP contribution in [0, 0.1) is 0 Å². The molecule has 0 amide bonds. The maximum Gasteiger partial charge on any atom is 0.150 e. The molecule has 1 fully saturated rings. The first-order valence-electron chi connectivity index (χ1n) is 8.77. The SMILES string of the molecule is CC(c1ccccc1)c1cnc(CC(=O)C2(c3ccccc3)CC2)s1. The highest BCUT2D eigenvalue weighted by molar-refractivity contribution is 7.11. The fourth-order valence-corrected chi connectivity index (χ4v) is 4.43. The van der Waals surface area contributed by atoms with Crippen LogP contribution in [0.2, 0.25) is 0 Å². The summed E-state index contributed by atoms with van der Waals surface area (Å²) in [4.78, 5) is 18.7. The van der Waals surface area contributed by atoms with Crippen molar-refractivity contribution < 1.29 is 4.79 Å². The summed E-state index contributed by atoms with van der Waals surface area (Å²) in [6, 6.07) is 20.6. The summed E-state index contributed by atoms with van der Waals surface area (Å²) >= 11 is 1.67. The van der Waals surface area contributed by atoms with Gasteiger partial charge in [-0.1, -0.05) is 67.6 Å². The number of aromatic nitrogens is 1. The molecule has 1 aliphatic carbocycles. The largest absolute Gasteiger partial charge is 0.298 e. The average molecular weight is 347 g/mol. The van der Waals surface area contributed by atoms with Gasteiger partial charge >= 0.3 is 0 Å². The van der Waals surface area contributed by atoms with E-state index in [4.69, 9.17) is 0 Å². The zero-order valence-corrected chi connectivity index (χ0v) is 15.1. The smallest absolute Gasteiger partial charge is 0.150 e. The Morgan fingerprint density at radius 3 is 2.36 bits per heavy atom. The van der Waals surface area contributed by atoms with Gasteiger partial charge in [-0.15, -0.1) is 11.3 Å². The van der Waals surface area contributed by atoms with Crippen LogP contribution in [0.4, 0.5) is 0 Å². The third kappa shape index (κ3) is 3.16. The minimum Gasteiger partial charge on any atom is -0.298 e. The number of carbonyl (C=O) groups excluding carboxylic acids is 1. The van der Waals surface area contributed by atoms with Crippen LogP contribution < -0.4 is 0 Å². The van der Waals surface area contributed by atoms with E-state index in [1.807, 2.05) is 30.5 Å². The normalized spacial score (nSPS) is 16.4. The van der Waals surface area contributed by atoms with Crippen molar-refractivity contribution in [1.29, 1.82) is 0 Å².